The van der Waals surface area contributed by atoms with Crippen LogP contribution in [0.3, 0.4) is 0 Å². The molecule has 1 aromatic carbocycles. The zero-order chi connectivity index (χ0) is 12.7. The van der Waals surface area contributed by atoms with Crippen LogP contribution in [0.25, 0.3) is 0 Å². The van der Waals surface area contributed by atoms with Gasteiger partial charge in [-0.1, -0.05) is 26.0 Å². The van der Waals surface area contributed by atoms with E-state index in [9.17, 15) is 0 Å². The Kier molecular flexibility index (Phi) is 6.06. The molecule has 0 amide bonds. The van der Waals surface area contributed by atoms with E-state index in [0.717, 1.165) is 12.3 Å². The van der Waals surface area contributed by atoms with Crippen molar-refractivity contribution in [2.45, 2.75) is 40.2 Å². The molecular weight excluding hydrogens is 210 g/mol. The summed E-state index contributed by atoms with van der Waals surface area (Å²) in [5, 5.41) is 0. The van der Waals surface area contributed by atoms with E-state index in [2.05, 4.69) is 24.0 Å². The summed E-state index contributed by atoms with van der Waals surface area (Å²) in [5.74, 6) is 1.01. The molecule has 0 bridgehead atoms. The maximum atomic E-state index is 5.33. The maximum absolute atomic E-state index is 5.33. The van der Waals surface area contributed by atoms with Crippen LogP contribution in [-0.4, -0.2) is 25.1 Å². The molecule has 0 aliphatic carbocycles. The molecule has 1 saturated heterocycles. The minimum Gasteiger partial charge on any atom is -0.496 e. The minimum atomic E-state index is 1.01. The van der Waals surface area contributed by atoms with Gasteiger partial charge in [-0.05, 0) is 50.0 Å². The van der Waals surface area contributed by atoms with Gasteiger partial charge in [0, 0.05) is 6.54 Å². The molecule has 0 saturated carbocycles. The lowest BCUT2D eigenvalue weighted by molar-refractivity contribution is 0.329. The quantitative estimate of drug-likeness (QED) is 0.793. The van der Waals surface area contributed by atoms with Gasteiger partial charge in [-0.3, -0.25) is 4.90 Å². The van der Waals surface area contributed by atoms with E-state index in [1.807, 2.05) is 19.9 Å². The molecule has 0 unspecified atom stereocenters. The molecule has 0 spiro atoms. The molecule has 0 aromatic heterocycles. The van der Waals surface area contributed by atoms with E-state index in [1.54, 1.807) is 7.11 Å². The number of rotatable bonds is 3. The van der Waals surface area contributed by atoms with E-state index in [4.69, 9.17) is 4.74 Å². The van der Waals surface area contributed by atoms with E-state index in [1.165, 1.54) is 37.1 Å². The Morgan fingerprint density at radius 2 is 1.82 bits per heavy atom. The number of hydrogen-bond acceptors (Lipinski definition) is 2. The van der Waals surface area contributed by atoms with Crippen LogP contribution < -0.4 is 4.74 Å². The van der Waals surface area contributed by atoms with Crippen molar-refractivity contribution in [3.63, 3.8) is 0 Å². The second-order valence-corrected chi connectivity index (χ2v) is 4.23. The number of ether oxygens (including phenoxy) is 1. The highest BCUT2D eigenvalue weighted by Crippen LogP contribution is 2.23. The fourth-order valence-electron chi connectivity index (χ4n) is 2.23. The van der Waals surface area contributed by atoms with Gasteiger partial charge in [0.15, 0.2) is 0 Å². The Bertz CT molecular complexity index is 330. The van der Waals surface area contributed by atoms with Gasteiger partial charge in [0.05, 0.1) is 7.11 Å². The Morgan fingerprint density at radius 1 is 1.18 bits per heavy atom. The monoisotopic (exact) mass is 235 g/mol. The third-order valence-corrected chi connectivity index (χ3v) is 3.21. The average Bonchev–Trinajstić information content (AvgIpc) is 2.87. The van der Waals surface area contributed by atoms with Crippen LogP contribution >= 0.6 is 0 Å². The lowest BCUT2D eigenvalue weighted by Gasteiger charge is -2.17. The molecule has 96 valence electrons. The van der Waals surface area contributed by atoms with Gasteiger partial charge in [-0.15, -0.1) is 0 Å². The highest BCUT2D eigenvalue weighted by Gasteiger charge is 2.13. The third-order valence-electron chi connectivity index (χ3n) is 3.21. The predicted molar refractivity (Wildman–Crippen MR) is 73.6 cm³/mol. The normalized spacial score (nSPS) is 15.3. The van der Waals surface area contributed by atoms with Crippen molar-refractivity contribution in [1.82, 2.24) is 4.90 Å². The van der Waals surface area contributed by atoms with Crippen molar-refractivity contribution in [3.05, 3.63) is 29.3 Å². The first-order valence-electron chi connectivity index (χ1n) is 6.66. The van der Waals surface area contributed by atoms with Crippen molar-refractivity contribution in [2.24, 2.45) is 0 Å². The van der Waals surface area contributed by atoms with Gasteiger partial charge < -0.3 is 4.74 Å². The first-order chi connectivity index (χ1) is 8.31. The largest absolute Gasteiger partial charge is 0.496 e. The number of nitrogens with zero attached hydrogens (tertiary/aromatic N) is 1. The summed E-state index contributed by atoms with van der Waals surface area (Å²) < 4.78 is 5.33. The Labute approximate surface area is 106 Å². The SMILES string of the molecule is CC.COc1cccc(CN2CCCC2)c1C. The van der Waals surface area contributed by atoms with Crippen molar-refractivity contribution in [2.75, 3.05) is 20.2 Å². The van der Waals surface area contributed by atoms with Gasteiger partial charge in [0.1, 0.15) is 5.75 Å². The van der Waals surface area contributed by atoms with Crippen LogP contribution in [0.2, 0.25) is 0 Å². The van der Waals surface area contributed by atoms with Crippen LogP contribution in [0.15, 0.2) is 18.2 Å². The van der Waals surface area contributed by atoms with Crippen LogP contribution in [0.4, 0.5) is 0 Å². The Balaban J connectivity index is 0.000000686. The number of likely N-dealkylation sites (tertiary alicyclic amines) is 1. The van der Waals surface area contributed by atoms with Crippen LogP contribution in [0.1, 0.15) is 37.8 Å². The van der Waals surface area contributed by atoms with Crippen LogP contribution in [0, 0.1) is 6.92 Å². The van der Waals surface area contributed by atoms with Gasteiger partial charge in [0.25, 0.3) is 0 Å². The van der Waals surface area contributed by atoms with E-state index in [0.29, 0.717) is 0 Å². The summed E-state index contributed by atoms with van der Waals surface area (Å²) in [5.41, 5.74) is 2.68. The molecule has 1 heterocycles. The van der Waals surface area contributed by atoms with Gasteiger partial charge >= 0.3 is 0 Å². The van der Waals surface area contributed by atoms with Crippen LogP contribution in [-0.2, 0) is 6.54 Å². The topological polar surface area (TPSA) is 12.5 Å². The van der Waals surface area contributed by atoms with Gasteiger partial charge in [0.2, 0.25) is 0 Å². The molecule has 17 heavy (non-hydrogen) atoms. The summed E-state index contributed by atoms with van der Waals surface area (Å²) in [6.07, 6.45) is 2.70. The molecule has 0 radical (unpaired) electrons. The summed E-state index contributed by atoms with van der Waals surface area (Å²) in [7, 11) is 1.74. The predicted octanol–water partition coefficient (Wildman–Crippen LogP) is 3.63. The smallest absolute Gasteiger partial charge is 0.122 e. The van der Waals surface area contributed by atoms with Crippen molar-refractivity contribution in [3.8, 4) is 5.75 Å². The highest BCUT2D eigenvalue weighted by molar-refractivity contribution is 5.39. The van der Waals surface area contributed by atoms with Gasteiger partial charge in [-0.25, -0.2) is 0 Å². The fourth-order valence-corrected chi connectivity index (χ4v) is 2.23. The van der Waals surface area contributed by atoms with E-state index >= 15 is 0 Å². The molecule has 0 atom stereocenters. The molecule has 2 nitrogen and oxygen atoms in total. The molecular formula is C15H25NO. The Hall–Kier alpha value is -1.02. The number of methoxy groups -OCH3 is 1. The molecule has 2 rings (SSSR count). The number of hydrogen-bond donors (Lipinski definition) is 0. The molecule has 1 aromatic rings. The average molecular weight is 235 g/mol. The molecule has 0 N–H and O–H groups in total. The lowest BCUT2D eigenvalue weighted by Crippen LogP contribution is -2.19. The molecule has 1 aliphatic rings. The maximum Gasteiger partial charge on any atom is 0.122 e. The lowest BCUT2D eigenvalue weighted by atomic mass is 10.1. The Morgan fingerprint density at radius 3 is 2.41 bits per heavy atom. The summed E-state index contributed by atoms with van der Waals surface area (Å²) in [6, 6.07) is 6.32. The molecule has 2 heteroatoms. The van der Waals surface area contributed by atoms with E-state index in [-0.39, 0.29) is 0 Å². The fraction of sp³-hybridized carbons (Fsp3) is 0.600. The second-order valence-electron chi connectivity index (χ2n) is 4.23. The molecule has 1 aliphatic heterocycles. The zero-order valence-corrected chi connectivity index (χ0v) is 11.6. The molecule has 1 fully saturated rings. The zero-order valence-electron chi connectivity index (χ0n) is 11.6. The third kappa shape index (κ3) is 3.74. The summed E-state index contributed by atoms with van der Waals surface area (Å²) >= 11 is 0. The second kappa shape index (κ2) is 7.33. The van der Waals surface area contributed by atoms with Crippen molar-refractivity contribution >= 4 is 0 Å². The summed E-state index contributed by atoms with van der Waals surface area (Å²) in [6.45, 7) is 9.71. The number of benzene rings is 1. The minimum absolute atomic E-state index is 1.01. The van der Waals surface area contributed by atoms with Gasteiger partial charge in [-0.2, -0.15) is 0 Å². The summed E-state index contributed by atoms with van der Waals surface area (Å²) in [4.78, 5) is 2.52. The first-order valence-corrected chi connectivity index (χ1v) is 6.66. The first kappa shape index (κ1) is 14.0. The van der Waals surface area contributed by atoms with Crippen molar-refractivity contribution < 1.29 is 4.74 Å². The van der Waals surface area contributed by atoms with Crippen molar-refractivity contribution in [1.29, 1.82) is 0 Å². The van der Waals surface area contributed by atoms with E-state index < -0.39 is 0 Å². The highest BCUT2D eigenvalue weighted by atomic mass is 16.5. The standard InChI is InChI=1S/C13H19NO.C2H6/c1-11-12(6-5-7-13(11)15-2)10-14-8-3-4-9-14;1-2/h5-7H,3-4,8-10H2,1-2H3;1-2H3. The van der Waals surface area contributed by atoms with Crippen LogP contribution in [0.5, 0.6) is 5.75 Å².